The molecule has 4 heteroatoms. The number of nitrogens with zero attached hydrogens (tertiary/aromatic N) is 2. The van der Waals surface area contributed by atoms with Crippen molar-refractivity contribution < 1.29 is 9.18 Å². The van der Waals surface area contributed by atoms with Crippen LogP contribution < -0.4 is 0 Å². The number of pyridine rings is 2. The first-order chi connectivity index (χ1) is 7.75. The Morgan fingerprint density at radius 2 is 2.19 bits per heavy atom. The average molecular weight is 216 g/mol. The van der Waals surface area contributed by atoms with Gasteiger partial charge in [0.05, 0.1) is 12.6 Å². The lowest BCUT2D eigenvalue weighted by Crippen LogP contribution is -2.05. The van der Waals surface area contributed by atoms with E-state index in [0.717, 1.165) is 6.20 Å². The molecule has 3 nitrogen and oxygen atoms in total. The van der Waals surface area contributed by atoms with Crippen molar-refractivity contribution in [1.29, 1.82) is 0 Å². The van der Waals surface area contributed by atoms with Gasteiger partial charge in [0, 0.05) is 23.7 Å². The van der Waals surface area contributed by atoms with E-state index >= 15 is 0 Å². The van der Waals surface area contributed by atoms with Crippen molar-refractivity contribution >= 4 is 5.78 Å². The molecule has 0 fully saturated rings. The molecule has 0 saturated carbocycles. The normalized spacial score (nSPS) is 10.1. The van der Waals surface area contributed by atoms with E-state index in [-0.39, 0.29) is 17.8 Å². The maximum absolute atomic E-state index is 12.8. The van der Waals surface area contributed by atoms with E-state index < -0.39 is 5.82 Å². The Kier molecular flexibility index (Phi) is 3.00. The van der Waals surface area contributed by atoms with Crippen LogP contribution in [0.1, 0.15) is 16.1 Å². The Bertz CT molecular complexity index is 499. The summed E-state index contributed by atoms with van der Waals surface area (Å²) in [5.74, 6) is -0.697. The van der Waals surface area contributed by atoms with Crippen molar-refractivity contribution in [1.82, 2.24) is 9.97 Å². The molecule has 0 spiro atoms. The fraction of sp³-hybridized carbons (Fsp3) is 0.0833. The van der Waals surface area contributed by atoms with Crippen LogP contribution in [0.25, 0.3) is 0 Å². The molecule has 16 heavy (non-hydrogen) atoms. The summed E-state index contributed by atoms with van der Waals surface area (Å²) in [7, 11) is 0. The molecule has 2 aromatic rings. The molecular weight excluding hydrogens is 207 g/mol. The maximum atomic E-state index is 12.8. The number of hydrogen-bond donors (Lipinski definition) is 0. The highest BCUT2D eigenvalue weighted by Gasteiger charge is 2.08. The third-order valence-electron chi connectivity index (χ3n) is 2.09. The number of rotatable bonds is 3. The van der Waals surface area contributed by atoms with Gasteiger partial charge in [-0.05, 0) is 18.2 Å². The Labute approximate surface area is 92.0 Å². The third kappa shape index (κ3) is 2.48. The quantitative estimate of drug-likeness (QED) is 0.737. The standard InChI is InChI=1S/C12H9FN2O/c13-10-5-9(7-14-8-10)12(16)6-11-3-1-2-4-15-11/h1-5,7-8H,6H2. The van der Waals surface area contributed by atoms with Gasteiger partial charge < -0.3 is 0 Å². The molecule has 2 aromatic heterocycles. The minimum absolute atomic E-state index is 0.159. The summed E-state index contributed by atoms with van der Waals surface area (Å²) >= 11 is 0. The summed E-state index contributed by atoms with van der Waals surface area (Å²) in [6.45, 7) is 0. The predicted molar refractivity (Wildman–Crippen MR) is 56.5 cm³/mol. The second-order valence-corrected chi connectivity index (χ2v) is 3.31. The van der Waals surface area contributed by atoms with Crippen molar-refractivity contribution in [2.75, 3.05) is 0 Å². The highest BCUT2D eigenvalue weighted by atomic mass is 19.1. The number of carbonyl (C=O) groups excluding carboxylic acids is 1. The molecular formula is C12H9FN2O. The molecule has 0 N–H and O–H groups in total. The van der Waals surface area contributed by atoms with Crippen LogP contribution in [0.2, 0.25) is 0 Å². The molecule has 0 atom stereocenters. The maximum Gasteiger partial charge on any atom is 0.170 e. The lowest BCUT2D eigenvalue weighted by Gasteiger charge is -2.00. The summed E-state index contributed by atoms with van der Waals surface area (Å²) in [6, 6.07) is 6.51. The molecule has 0 amide bonds. The molecule has 2 rings (SSSR count). The lowest BCUT2D eigenvalue weighted by molar-refractivity contribution is 0.0991. The zero-order valence-corrected chi connectivity index (χ0v) is 8.43. The fourth-order valence-electron chi connectivity index (χ4n) is 1.33. The summed E-state index contributed by atoms with van der Waals surface area (Å²) in [5, 5.41) is 0. The summed E-state index contributed by atoms with van der Waals surface area (Å²) < 4.78 is 12.8. The van der Waals surface area contributed by atoms with Crippen LogP contribution in [0, 0.1) is 5.82 Å². The predicted octanol–water partition coefficient (Wildman–Crippen LogP) is 2.04. The van der Waals surface area contributed by atoms with Crippen molar-refractivity contribution in [2.24, 2.45) is 0 Å². The van der Waals surface area contributed by atoms with E-state index in [9.17, 15) is 9.18 Å². The highest BCUT2D eigenvalue weighted by Crippen LogP contribution is 2.06. The Morgan fingerprint density at radius 1 is 1.31 bits per heavy atom. The van der Waals surface area contributed by atoms with Gasteiger partial charge in [0.1, 0.15) is 5.82 Å². The second-order valence-electron chi connectivity index (χ2n) is 3.31. The van der Waals surface area contributed by atoms with Gasteiger partial charge in [0.15, 0.2) is 5.78 Å². The van der Waals surface area contributed by atoms with E-state index in [2.05, 4.69) is 9.97 Å². The van der Waals surface area contributed by atoms with Gasteiger partial charge in [-0.1, -0.05) is 6.07 Å². The van der Waals surface area contributed by atoms with E-state index in [4.69, 9.17) is 0 Å². The van der Waals surface area contributed by atoms with Gasteiger partial charge in [-0.25, -0.2) is 4.39 Å². The number of carbonyl (C=O) groups is 1. The van der Waals surface area contributed by atoms with Crippen LogP contribution in [0.15, 0.2) is 42.9 Å². The minimum Gasteiger partial charge on any atom is -0.294 e. The first-order valence-electron chi connectivity index (χ1n) is 4.79. The molecule has 2 heterocycles. The van der Waals surface area contributed by atoms with E-state index in [0.29, 0.717) is 5.69 Å². The van der Waals surface area contributed by atoms with Crippen LogP contribution in [-0.2, 0) is 6.42 Å². The van der Waals surface area contributed by atoms with Gasteiger partial charge in [-0.15, -0.1) is 0 Å². The Hall–Kier alpha value is -2.10. The molecule has 0 saturated heterocycles. The number of halogens is 1. The molecule has 0 aliphatic rings. The Morgan fingerprint density at radius 3 is 2.88 bits per heavy atom. The van der Waals surface area contributed by atoms with Crippen LogP contribution >= 0.6 is 0 Å². The number of hydrogen-bond acceptors (Lipinski definition) is 3. The van der Waals surface area contributed by atoms with Gasteiger partial charge in [0.25, 0.3) is 0 Å². The molecule has 0 aromatic carbocycles. The zero-order chi connectivity index (χ0) is 11.4. The first kappa shape index (κ1) is 10.4. The van der Waals surface area contributed by atoms with Crippen LogP contribution in [0.4, 0.5) is 4.39 Å². The van der Waals surface area contributed by atoms with Crippen molar-refractivity contribution in [3.8, 4) is 0 Å². The molecule has 0 aliphatic heterocycles. The monoisotopic (exact) mass is 216 g/mol. The minimum atomic E-state index is -0.508. The third-order valence-corrected chi connectivity index (χ3v) is 2.09. The summed E-state index contributed by atoms with van der Waals surface area (Å²) in [4.78, 5) is 19.4. The second kappa shape index (κ2) is 4.61. The molecule has 0 aliphatic carbocycles. The Balaban J connectivity index is 2.15. The van der Waals surface area contributed by atoms with Crippen LogP contribution in [-0.4, -0.2) is 15.8 Å². The number of ketones is 1. The smallest absolute Gasteiger partial charge is 0.170 e. The van der Waals surface area contributed by atoms with Gasteiger partial charge in [0.2, 0.25) is 0 Å². The van der Waals surface area contributed by atoms with Gasteiger partial charge in [-0.3, -0.25) is 14.8 Å². The zero-order valence-electron chi connectivity index (χ0n) is 8.43. The SMILES string of the molecule is O=C(Cc1ccccn1)c1cncc(F)c1. The lowest BCUT2D eigenvalue weighted by atomic mass is 10.1. The summed E-state index contributed by atoms with van der Waals surface area (Å²) in [6.07, 6.45) is 4.20. The van der Waals surface area contributed by atoms with Crippen molar-refractivity contribution in [3.05, 3.63) is 59.9 Å². The van der Waals surface area contributed by atoms with E-state index in [1.54, 1.807) is 24.4 Å². The topological polar surface area (TPSA) is 42.9 Å². The number of aromatic nitrogens is 2. The van der Waals surface area contributed by atoms with Gasteiger partial charge in [-0.2, -0.15) is 0 Å². The number of Topliss-reactive ketones (excluding diaryl/α,β-unsaturated/α-hetero) is 1. The molecule has 0 bridgehead atoms. The highest BCUT2D eigenvalue weighted by molar-refractivity contribution is 5.96. The van der Waals surface area contributed by atoms with Crippen molar-refractivity contribution in [2.45, 2.75) is 6.42 Å². The van der Waals surface area contributed by atoms with Crippen LogP contribution in [0.3, 0.4) is 0 Å². The largest absolute Gasteiger partial charge is 0.294 e. The average Bonchev–Trinajstić information content (AvgIpc) is 2.30. The molecule has 0 radical (unpaired) electrons. The van der Waals surface area contributed by atoms with Crippen molar-refractivity contribution in [3.63, 3.8) is 0 Å². The molecule has 0 unspecified atom stereocenters. The molecule has 80 valence electrons. The van der Waals surface area contributed by atoms with E-state index in [1.807, 2.05) is 0 Å². The van der Waals surface area contributed by atoms with Crippen LogP contribution in [0.5, 0.6) is 0 Å². The van der Waals surface area contributed by atoms with E-state index in [1.165, 1.54) is 12.3 Å². The summed E-state index contributed by atoms with van der Waals surface area (Å²) in [5.41, 5.74) is 0.933. The fourth-order valence-corrected chi connectivity index (χ4v) is 1.33. The van der Waals surface area contributed by atoms with Gasteiger partial charge >= 0.3 is 0 Å². The first-order valence-corrected chi connectivity index (χ1v) is 4.79.